The number of fused-ring (bicyclic) bond motifs is 1. The van der Waals surface area contributed by atoms with Gasteiger partial charge >= 0.3 is 7.12 Å². The maximum atomic E-state index is 6.16. The van der Waals surface area contributed by atoms with Gasteiger partial charge in [0.1, 0.15) is 0 Å². The van der Waals surface area contributed by atoms with E-state index < -0.39 is 0 Å². The molecule has 0 spiro atoms. The van der Waals surface area contributed by atoms with Crippen LogP contribution >= 0.6 is 0 Å². The summed E-state index contributed by atoms with van der Waals surface area (Å²) in [6, 6.07) is 6.36. The number of imidazole rings is 1. The molecule has 1 aromatic carbocycles. The van der Waals surface area contributed by atoms with Gasteiger partial charge in [0.25, 0.3) is 0 Å². The van der Waals surface area contributed by atoms with Crippen molar-refractivity contribution in [3.05, 3.63) is 24.5 Å². The smallest absolute Gasteiger partial charge is 0.399 e. The maximum Gasteiger partial charge on any atom is 0.494 e. The van der Waals surface area contributed by atoms with Crippen LogP contribution in [0.15, 0.2) is 24.5 Å². The highest BCUT2D eigenvalue weighted by atomic mass is 16.7. The van der Waals surface area contributed by atoms with Gasteiger partial charge in [0.2, 0.25) is 0 Å². The quantitative estimate of drug-likeness (QED) is 0.801. The Morgan fingerprint density at radius 2 is 1.72 bits per heavy atom. The summed E-state index contributed by atoms with van der Waals surface area (Å²) in [6.07, 6.45) is 4.62. The highest BCUT2D eigenvalue weighted by Crippen LogP contribution is 2.36. The number of benzene rings is 1. The lowest BCUT2D eigenvalue weighted by Gasteiger charge is -2.32. The van der Waals surface area contributed by atoms with Crippen molar-refractivity contribution in [1.29, 1.82) is 0 Å². The summed E-state index contributed by atoms with van der Waals surface area (Å²) in [4.78, 5) is 7.13. The fourth-order valence-electron chi connectivity index (χ4n) is 3.64. The van der Waals surface area contributed by atoms with Gasteiger partial charge in [0, 0.05) is 13.1 Å². The van der Waals surface area contributed by atoms with E-state index in [1.54, 1.807) is 0 Å². The van der Waals surface area contributed by atoms with Crippen LogP contribution in [0.4, 0.5) is 0 Å². The molecule has 5 nitrogen and oxygen atoms in total. The van der Waals surface area contributed by atoms with E-state index in [1.807, 2.05) is 6.33 Å². The third kappa shape index (κ3) is 3.11. The van der Waals surface area contributed by atoms with Gasteiger partial charge < -0.3 is 18.8 Å². The largest absolute Gasteiger partial charge is 0.494 e. The van der Waals surface area contributed by atoms with E-state index in [0.29, 0.717) is 0 Å². The molecule has 2 aromatic rings. The monoisotopic (exact) mass is 341 g/mol. The lowest BCUT2D eigenvalue weighted by Crippen LogP contribution is -2.41. The number of nitrogens with zero attached hydrogens (tertiary/aromatic N) is 3. The minimum atomic E-state index is -0.329. The van der Waals surface area contributed by atoms with Crippen LogP contribution in [0.3, 0.4) is 0 Å². The zero-order valence-electron chi connectivity index (χ0n) is 15.8. The van der Waals surface area contributed by atoms with Crippen molar-refractivity contribution in [2.24, 2.45) is 0 Å². The molecular weight excluding hydrogens is 313 g/mol. The predicted molar refractivity (Wildman–Crippen MR) is 101 cm³/mol. The lowest BCUT2D eigenvalue weighted by atomic mass is 9.79. The van der Waals surface area contributed by atoms with Crippen LogP contribution in [0.25, 0.3) is 11.0 Å². The molecule has 0 N–H and O–H groups in total. The Morgan fingerprint density at radius 3 is 2.40 bits per heavy atom. The van der Waals surface area contributed by atoms with Crippen molar-refractivity contribution in [3.63, 3.8) is 0 Å². The summed E-state index contributed by atoms with van der Waals surface area (Å²) in [5, 5.41) is 0. The number of hydrogen-bond donors (Lipinski definition) is 0. The summed E-state index contributed by atoms with van der Waals surface area (Å²) in [6.45, 7) is 12.9. The van der Waals surface area contributed by atoms with Crippen LogP contribution in [0.2, 0.25) is 0 Å². The van der Waals surface area contributed by atoms with Gasteiger partial charge in [-0.1, -0.05) is 6.07 Å². The van der Waals surface area contributed by atoms with Crippen LogP contribution in [-0.4, -0.2) is 52.4 Å². The molecule has 0 unspecified atom stereocenters. The molecular formula is C19H28BN3O2. The Morgan fingerprint density at radius 1 is 1.04 bits per heavy atom. The highest BCUT2D eigenvalue weighted by molar-refractivity contribution is 6.62. The van der Waals surface area contributed by atoms with Crippen molar-refractivity contribution < 1.29 is 9.31 Å². The van der Waals surface area contributed by atoms with E-state index in [1.165, 1.54) is 31.4 Å². The molecule has 0 radical (unpaired) electrons. The summed E-state index contributed by atoms with van der Waals surface area (Å²) < 4.78 is 14.6. The topological polar surface area (TPSA) is 39.5 Å². The first-order valence-electron chi connectivity index (χ1n) is 9.38. The minimum Gasteiger partial charge on any atom is -0.399 e. The third-order valence-corrected chi connectivity index (χ3v) is 6.03. The van der Waals surface area contributed by atoms with Gasteiger partial charge in [-0.15, -0.1) is 0 Å². The molecule has 2 saturated heterocycles. The number of likely N-dealkylation sites (tertiary alicyclic amines) is 1. The molecule has 0 atom stereocenters. The Bertz CT molecular complexity index is 749. The van der Waals surface area contributed by atoms with Gasteiger partial charge in [0.05, 0.1) is 28.6 Å². The standard InChI is InChI=1S/C19H28BN3O2/c1-18(2)19(3,4)25-20(24-18)15-7-8-17-16(13-15)21-14-23(17)12-11-22-9-5-6-10-22/h7-8,13-14H,5-6,9-12H2,1-4H3. The molecule has 6 heteroatoms. The van der Waals surface area contributed by atoms with E-state index in [0.717, 1.165) is 24.1 Å². The maximum absolute atomic E-state index is 6.16. The number of aromatic nitrogens is 2. The zero-order valence-corrected chi connectivity index (χ0v) is 15.8. The molecule has 0 saturated carbocycles. The molecule has 2 aliphatic rings. The van der Waals surface area contributed by atoms with Crippen molar-refractivity contribution in [3.8, 4) is 0 Å². The fraction of sp³-hybridized carbons (Fsp3) is 0.632. The van der Waals surface area contributed by atoms with E-state index in [-0.39, 0.29) is 18.3 Å². The van der Waals surface area contributed by atoms with Gasteiger partial charge in [0.15, 0.2) is 0 Å². The molecule has 2 fully saturated rings. The van der Waals surface area contributed by atoms with Gasteiger partial charge in [-0.2, -0.15) is 0 Å². The van der Waals surface area contributed by atoms with Crippen molar-refractivity contribution in [2.75, 3.05) is 19.6 Å². The Balaban J connectivity index is 1.52. The summed E-state index contributed by atoms with van der Waals surface area (Å²) in [5.41, 5.74) is 2.59. The Kier molecular flexibility index (Phi) is 4.17. The van der Waals surface area contributed by atoms with Gasteiger partial charge in [-0.05, 0) is 71.2 Å². The molecule has 0 bridgehead atoms. The second-order valence-corrected chi connectivity index (χ2v) is 8.32. The normalized spacial score (nSPS) is 23.0. The van der Waals surface area contributed by atoms with Gasteiger partial charge in [-0.3, -0.25) is 0 Å². The first-order valence-corrected chi connectivity index (χ1v) is 9.38. The third-order valence-electron chi connectivity index (χ3n) is 6.03. The Labute approximate surface area is 150 Å². The van der Waals surface area contributed by atoms with Crippen molar-refractivity contribution in [2.45, 2.75) is 58.3 Å². The van der Waals surface area contributed by atoms with Crippen LogP contribution in [0.1, 0.15) is 40.5 Å². The Hall–Kier alpha value is -1.37. The molecule has 0 aliphatic carbocycles. The molecule has 1 aromatic heterocycles. The lowest BCUT2D eigenvalue weighted by molar-refractivity contribution is 0.00578. The van der Waals surface area contributed by atoms with E-state index in [9.17, 15) is 0 Å². The summed E-state index contributed by atoms with van der Waals surface area (Å²) >= 11 is 0. The zero-order chi connectivity index (χ0) is 17.7. The first-order chi connectivity index (χ1) is 11.9. The molecule has 4 rings (SSSR count). The molecule has 0 amide bonds. The van der Waals surface area contributed by atoms with Crippen molar-refractivity contribution >= 4 is 23.6 Å². The SMILES string of the molecule is CC1(C)OB(c2ccc3c(c2)ncn3CCN2CCCC2)OC1(C)C. The van der Waals surface area contributed by atoms with Crippen LogP contribution in [-0.2, 0) is 15.9 Å². The van der Waals surface area contributed by atoms with E-state index >= 15 is 0 Å². The average molecular weight is 341 g/mol. The molecule has 2 aliphatic heterocycles. The van der Waals surface area contributed by atoms with E-state index in [2.05, 4.69) is 60.3 Å². The second-order valence-electron chi connectivity index (χ2n) is 8.32. The summed E-state index contributed by atoms with van der Waals surface area (Å²) in [5.74, 6) is 0. The number of hydrogen-bond acceptors (Lipinski definition) is 4. The first kappa shape index (κ1) is 17.1. The second kappa shape index (κ2) is 6.11. The molecule has 3 heterocycles. The molecule has 25 heavy (non-hydrogen) atoms. The molecule has 134 valence electrons. The van der Waals surface area contributed by atoms with Crippen LogP contribution in [0, 0.1) is 0 Å². The van der Waals surface area contributed by atoms with Gasteiger partial charge in [-0.25, -0.2) is 4.98 Å². The minimum absolute atomic E-state index is 0.318. The number of rotatable bonds is 4. The van der Waals surface area contributed by atoms with Crippen molar-refractivity contribution in [1.82, 2.24) is 14.5 Å². The van der Waals surface area contributed by atoms with Crippen LogP contribution < -0.4 is 5.46 Å². The predicted octanol–water partition coefficient (Wildman–Crippen LogP) is 2.43. The van der Waals surface area contributed by atoms with Crippen LogP contribution in [0.5, 0.6) is 0 Å². The summed E-state index contributed by atoms with van der Waals surface area (Å²) in [7, 11) is -0.329. The average Bonchev–Trinajstić information content (AvgIpc) is 3.24. The van der Waals surface area contributed by atoms with E-state index in [4.69, 9.17) is 9.31 Å². The fourth-order valence-corrected chi connectivity index (χ4v) is 3.64. The highest BCUT2D eigenvalue weighted by Gasteiger charge is 2.51.